The number of carboxylic acids is 1. The molecule has 0 spiro atoms. The van der Waals surface area contributed by atoms with Crippen LogP contribution in [0, 0.1) is 0 Å². The minimum absolute atomic E-state index is 0.0391. The summed E-state index contributed by atoms with van der Waals surface area (Å²) >= 11 is 0. The van der Waals surface area contributed by atoms with Crippen molar-refractivity contribution in [2.45, 2.75) is 187 Å². The van der Waals surface area contributed by atoms with E-state index in [1.165, 1.54) is 89.9 Å². The molecule has 0 aromatic carbocycles. The number of esters is 2. The van der Waals surface area contributed by atoms with Gasteiger partial charge in [-0.2, -0.15) is 0 Å². The van der Waals surface area contributed by atoms with Gasteiger partial charge in [-0.05, 0) is 57.8 Å². The summed E-state index contributed by atoms with van der Waals surface area (Å²) in [5.74, 6) is -1.57. The van der Waals surface area contributed by atoms with E-state index in [4.69, 9.17) is 14.2 Å². The van der Waals surface area contributed by atoms with Gasteiger partial charge in [-0.1, -0.05) is 146 Å². The minimum Gasteiger partial charge on any atom is -0.477 e. The molecule has 0 aliphatic heterocycles. The quantitative estimate of drug-likeness (QED) is 0.0289. The lowest BCUT2D eigenvalue weighted by Crippen LogP contribution is -2.50. The number of ether oxygens (including phenoxy) is 3. The molecule has 2 atom stereocenters. The molecule has 0 fully saturated rings. The first kappa shape index (κ1) is 51.3. The summed E-state index contributed by atoms with van der Waals surface area (Å²) in [6.07, 6.45) is 43.5. The average molecular weight is 761 g/mol. The molecule has 0 aliphatic rings. The maximum atomic E-state index is 12.7. The van der Waals surface area contributed by atoms with E-state index in [9.17, 15) is 19.5 Å². The Morgan fingerprint density at radius 2 is 1.07 bits per heavy atom. The van der Waals surface area contributed by atoms with Crippen LogP contribution in [-0.4, -0.2) is 80.6 Å². The highest BCUT2D eigenvalue weighted by Crippen LogP contribution is 2.14. The molecule has 8 heteroatoms. The van der Waals surface area contributed by atoms with Crippen molar-refractivity contribution in [3.05, 3.63) is 48.6 Å². The second-order valence-electron chi connectivity index (χ2n) is 15.6. The highest BCUT2D eigenvalue weighted by atomic mass is 16.6. The highest BCUT2D eigenvalue weighted by Gasteiger charge is 2.31. The molecular weight excluding hydrogens is 679 g/mol. The lowest BCUT2D eigenvalue weighted by atomic mass is 10.1. The first-order valence-electron chi connectivity index (χ1n) is 21.7. The number of nitrogens with zero attached hydrogens (tertiary/aromatic N) is 1. The number of allylic oxidation sites excluding steroid dienone is 8. The van der Waals surface area contributed by atoms with Gasteiger partial charge in [0.15, 0.2) is 12.1 Å². The van der Waals surface area contributed by atoms with Crippen molar-refractivity contribution < 1.29 is 38.2 Å². The molecule has 0 bridgehead atoms. The standard InChI is InChI=1S/C46H81NO7/c1-6-8-10-12-14-15-16-17-18-19-20-21-22-23-24-25-26-27-28-29-31-33-35-37-45(49)54-42(40-52-39-38-43(46(50)51)47(3,4)5)41-53-44(48)36-34-32-30-13-11-9-7-2/h9,11,20-21,23-24,30,32,42-43H,6-8,10,12-19,22,25-29,31,33-41H2,1-5H3/p+1/b11-9+,21-20+,24-23+,32-30+. The van der Waals surface area contributed by atoms with Crippen LogP contribution in [0.25, 0.3) is 0 Å². The smallest absolute Gasteiger partial charge is 0.362 e. The van der Waals surface area contributed by atoms with E-state index in [1.54, 1.807) is 0 Å². The number of carbonyl (C=O) groups is 3. The topological polar surface area (TPSA) is 99.1 Å². The zero-order chi connectivity index (χ0) is 40.0. The van der Waals surface area contributed by atoms with Crippen LogP contribution < -0.4 is 0 Å². The molecule has 54 heavy (non-hydrogen) atoms. The first-order valence-corrected chi connectivity index (χ1v) is 21.7. The Hall–Kier alpha value is -2.71. The Balaban J connectivity index is 4.21. The first-order chi connectivity index (χ1) is 26.1. The van der Waals surface area contributed by atoms with Crippen LogP contribution in [0.3, 0.4) is 0 Å². The molecular formula is C46H82NO7+. The summed E-state index contributed by atoms with van der Waals surface area (Å²) in [6, 6.07) is -0.623. The number of likely N-dealkylation sites (N-methyl/N-ethyl adjacent to an activating group) is 1. The molecule has 0 heterocycles. The predicted molar refractivity (Wildman–Crippen MR) is 224 cm³/mol. The summed E-state index contributed by atoms with van der Waals surface area (Å²) in [4.78, 5) is 36.7. The van der Waals surface area contributed by atoms with E-state index in [0.717, 1.165) is 44.9 Å². The van der Waals surface area contributed by atoms with Crippen molar-refractivity contribution in [3.63, 3.8) is 0 Å². The van der Waals surface area contributed by atoms with E-state index in [0.29, 0.717) is 19.3 Å². The molecule has 0 amide bonds. The number of rotatable bonds is 38. The van der Waals surface area contributed by atoms with Crippen molar-refractivity contribution in [2.24, 2.45) is 0 Å². The molecule has 2 unspecified atom stereocenters. The Kier molecular flexibility index (Phi) is 35.4. The van der Waals surface area contributed by atoms with E-state index in [2.05, 4.69) is 50.3 Å². The number of unbranched alkanes of at least 4 members (excludes halogenated alkanes) is 16. The molecule has 0 aromatic heterocycles. The fraction of sp³-hybridized carbons (Fsp3) is 0.761. The zero-order valence-corrected chi connectivity index (χ0v) is 35.4. The van der Waals surface area contributed by atoms with Crippen molar-refractivity contribution in [3.8, 4) is 0 Å². The van der Waals surface area contributed by atoms with E-state index in [1.807, 2.05) is 33.3 Å². The van der Waals surface area contributed by atoms with Gasteiger partial charge < -0.3 is 23.8 Å². The molecule has 312 valence electrons. The number of hydrogen-bond acceptors (Lipinski definition) is 6. The van der Waals surface area contributed by atoms with Crippen molar-refractivity contribution in [2.75, 3.05) is 41.0 Å². The minimum atomic E-state index is -0.885. The summed E-state index contributed by atoms with van der Waals surface area (Å²) in [6.45, 7) is 4.51. The van der Waals surface area contributed by atoms with Crippen molar-refractivity contribution >= 4 is 17.9 Å². The van der Waals surface area contributed by atoms with Gasteiger partial charge in [0.25, 0.3) is 0 Å². The number of carbonyl (C=O) groups excluding carboxylic acids is 2. The molecule has 0 aromatic rings. The van der Waals surface area contributed by atoms with Gasteiger partial charge in [0.05, 0.1) is 34.4 Å². The summed E-state index contributed by atoms with van der Waals surface area (Å²) in [7, 11) is 5.49. The normalized spacial score (nSPS) is 13.4. The molecule has 1 N–H and O–H groups in total. The number of quaternary nitrogens is 1. The van der Waals surface area contributed by atoms with Gasteiger partial charge in [0, 0.05) is 19.3 Å². The van der Waals surface area contributed by atoms with Crippen LogP contribution in [0.1, 0.15) is 174 Å². The van der Waals surface area contributed by atoms with Crippen LogP contribution in [-0.2, 0) is 28.6 Å². The van der Waals surface area contributed by atoms with Crippen LogP contribution in [0.4, 0.5) is 0 Å². The average Bonchev–Trinajstić information content (AvgIpc) is 3.12. The predicted octanol–water partition coefficient (Wildman–Crippen LogP) is 11.6. The van der Waals surface area contributed by atoms with Crippen LogP contribution in [0.15, 0.2) is 48.6 Å². The third-order valence-electron chi connectivity index (χ3n) is 9.48. The van der Waals surface area contributed by atoms with Crippen LogP contribution >= 0.6 is 0 Å². The monoisotopic (exact) mass is 761 g/mol. The van der Waals surface area contributed by atoms with E-state index < -0.39 is 18.1 Å². The molecule has 0 rings (SSSR count). The second kappa shape index (κ2) is 37.2. The maximum Gasteiger partial charge on any atom is 0.362 e. The zero-order valence-electron chi connectivity index (χ0n) is 35.4. The Morgan fingerprint density at radius 1 is 0.574 bits per heavy atom. The van der Waals surface area contributed by atoms with Crippen LogP contribution in [0.2, 0.25) is 0 Å². The number of aliphatic carboxylic acids is 1. The number of hydrogen-bond donors (Lipinski definition) is 1. The second-order valence-corrected chi connectivity index (χ2v) is 15.6. The summed E-state index contributed by atoms with van der Waals surface area (Å²) < 4.78 is 17.1. The van der Waals surface area contributed by atoms with E-state index >= 15 is 0 Å². The molecule has 8 nitrogen and oxygen atoms in total. The molecule has 0 saturated carbocycles. The van der Waals surface area contributed by atoms with Gasteiger partial charge in [-0.25, -0.2) is 4.79 Å². The Morgan fingerprint density at radius 3 is 1.59 bits per heavy atom. The van der Waals surface area contributed by atoms with Gasteiger partial charge in [-0.3, -0.25) is 9.59 Å². The SMILES string of the molecule is CC/C=C/C/C=C/CCC(=O)OCC(COCCC(C(=O)O)[N+](C)(C)C)OC(=O)CCCCCCCCC/C=C/C/C=C/CCCCCCCCCCC. The van der Waals surface area contributed by atoms with Crippen molar-refractivity contribution in [1.82, 2.24) is 0 Å². The largest absolute Gasteiger partial charge is 0.477 e. The number of carboxylic acid groups (broad SMARTS) is 1. The maximum absolute atomic E-state index is 12.7. The van der Waals surface area contributed by atoms with Gasteiger partial charge in [0.2, 0.25) is 0 Å². The van der Waals surface area contributed by atoms with Gasteiger partial charge in [-0.15, -0.1) is 0 Å². The van der Waals surface area contributed by atoms with Crippen LogP contribution in [0.5, 0.6) is 0 Å². The third-order valence-corrected chi connectivity index (χ3v) is 9.48. The summed E-state index contributed by atoms with van der Waals surface area (Å²) in [5.41, 5.74) is 0. The highest BCUT2D eigenvalue weighted by molar-refractivity contribution is 5.72. The fourth-order valence-electron chi connectivity index (χ4n) is 6.12. The summed E-state index contributed by atoms with van der Waals surface area (Å²) in [5, 5.41) is 9.58. The lowest BCUT2D eigenvalue weighted by Gasteiger charge is -2.31. The van der Waals surface area contributed by atoms with Gasteiger partial charge in [0.1, 0.15) is 6.61 Å². The Labute approximate surface area is 331 Å². The molecule has 0 saturated heterocycles. The van der Waals surface area contributed by atoms with Gasteiger partial charge >= 0.3 is 17.9 Å². The Bertz CT molecular complexity index is 1030. The fourth-order valence-corrected chi connectivity index (χ4v) is 6.12. The molecule has 0 aliphatic carbocycles. The lowest BCUT2D eigenvalue weighted by molar-refractivity contribution is -0.887. The van der Waals surface area contributed by atoms with Crippen molar-refractivity contribution in [1.29, 1.82) is 0 Å². The van der Waals surface area contributed by atoms with E-state index in [-0.39, 0.29) is 42.7 Å². The third kappa shape index (κ3) is 35.0. The molecule has 0 radical (unpaired) electrons.